The Bertz CT molecular complexity index is 1340. The highest BCUT2D eigenvalue weighted by molar-refractivity contribution is 7.92. The lowest BCUT2D eigenvalue weighted by Gasteiger charge is -2.26. The monoisotopic (exact) mass is 480 g/mol. The molecular formula is C21H19ClF2N4O3S. The molecule has 1 atom stereocenters. The third-order valence-electron chi connectivity index (χ3n) is 5.50. The van der Waals surface area contributed by atoms with E-state index in [0.717, 1.165) is 17.8 Å². The average Bonchev–Trinajstić information content (AvgIpc) is 3.15. The van der Waals surface area contributed by atoms with E-state index in [0.29, 0.717) is 18.5 Å². The number of nitrogens with zero attached hydrogens (tertiary/aromatic N) is 3. The topological polar surface area (TPSA) is 94.0 Å². The molecule has 1 aliphatic rings. The molecule has 0 saturated heterocycles. The van der Waals surface area contributed by atoms with Crippen LogP contribution in [0.15, 0.2) is 35.6 Å². The lowest BCUT2D eigenvalue weighted by Crippen LogP contribution is -2.22. The first-order chi connectivity index (χ1) is 15.1. The number of fused-ring (bicyclic) bond motifs is 1. The van der Waals surface area contributed by atoms with Crippen LogP contribution in [0.4, 0.5) is 14.5 Å². The number of aromatic nitrogens is 3. The quantitative estimate of drug-likeness (QED) is 0.551. The molecule has 1 aromatic carbocycles. The number of halogens is 3. The van der Waals surface area contributed by atoms with Crippen LogP contribution in [-0.4, -0.2) is 28.7 Å². The molecule has 3 aromatic rings. The number of carbonyl (C=O) groups is 1. The van der Waals surface area contributed by atoms with E-state index in [4.69, 9.17) is 11.6 Å². The van der Waals surface area contributed by atoms with Crippen LogP contribution >= 0.6 is 11.6 Å². The van der Waals surface area contributed by atoms with E-state index in [1.165, 1.54) is 32.4 Å². The number of rotatable bonds is 5. The Morgan fingerprint density at radius 3 is 2.75 bits per heavy atom. The highest BCUT2D eigenvalue weighted by Crippen LogP contribution is 2.36. The van der Waals surface area contributed by atoms with Crippen molar-refractivity contribution in [3.63, 3.8) is 0 Å². The van der Waals surface area contributed by atoms with E-state index < -0.39 is 27.6 Å². The van der Waals surface area contributed by atoms with Crippen molar-refractivity contribution in [1.29, 1.82) is 0 Å². The van der Waals surface area contributed by atoms with E-state index in [2.05, 4.69) is 14.7 Å². The second kappa shape index (κ2) is 8.25. The maximum Gasteiger partial charge on any atom is 0.263 e. The van der Waals surface area contributed by atoms with Crippen molar-refractivity contribution in [2.75, 3.05) is 4.72 Å². The van der Waals surface area contributed by atoms with Gasteiger partial charge >= 0.3 is 0 Å². The van der Waals surface area contributed by atoms with Gasteiger partial charge < -0.3 is 4.57 Å². The Labute approximate surface area is 188 Å². The van der Waals surface area contributed by atoms with E-state index in [1.807, 2.05) is 0 Å². The minimum absolute atomic E-state index is 0.111. The number of hydrogen-bond acceptors (Lipinski definition) is 5. The fourth-order valence-electron chi connectivity index (χ4n) is 3.98. The molecule has 0 fully saturated rings. The lowest BCUT2D eigenvalue weighted by molar-refractivity contribution is 0.101. The zero-order valence-electron chi connectivity index (χ0n) is 17.2. The summed E-state index contributed by atoms with van der Waals surface area (Å²) in [5.74, 6) is -2.49. The molecule has 3 heterocycles. The second-order valence-corrected chi connectivity index (χ2v) is 9.74. The molecule has 0 spiro atoms. The summed E-state index contributed by atoms with van der Waals surface area (Å²) in [5.41, 5.74) is 0.689. The molecule has 0 saturated carbocycles. The van der Waals surface area contributed by atoms with Crippen LogP contribution in [0, 0.1) is 18.6 Å². The molecule has 0 amide bonds. The standard InChI is InChI=1S/C21H19ClF2N4O3S/c1-11-18(7-14(22)8-25-11)32(30,31)27-16-5-4-15(23)19(20(16)24)13-3-6-17-21(12(2)29)26-10-28(17)9-13/h4-5,7-8,10,13,27H,3,6,9H2,1-2H3/t13-/m0/s1. The molecular weight excluding hydrogens is 462 g/mol. The van der Waals surface area contributed by atoms with Crippen molar-refractivity contribution in [3.8, 4) is 0 Å². The number of anilines is 1. The third-order valence-corrected chi connectivity index (χ3v) is 7.19. The van der Waals surface area contributed by atoms with Gasteiger partial charge in [-0.15, -0.1) is 0 Å². The van der Waals surface area contributed by atoms with Gasteiger partial charge in [0.1, 0.15) is 16.4 Å². The van der Waals surface area contributed by atoms with Crippen molar-refractivity contribution in [2.45, 2.75) is 44.0 Å². The minimum Gasteiger partial charge on any atom is -0.333 e. The summed E-state index contributed by atoms with van der Waals surface area (Å²) in [4.78, 5) is 19.5. The summed E-state index contributed by atoms with van der Waals surface area (Å²) in [5, 5.41) is 0.111. The Balaban J connectivity index is 1.68. The van der Waals surface area contributed by atoms with E-state index in [1.54, 1.807) is 4.57 Å². The minimum atomic E-state index is -4.22. The molecule has 0 unspecified atom stereocenters. The van der Waals surface area contributed by atoms with Crippen LogP contribution in [0.1, 0.15) is 46.7 Å². The first-order valence-electron chi connectivity index (χ1n) is 9.76. The molecule has 0 radical (unpaired) electrons. The van der Waals surface area contributed by atoms with Gasteiger partial charge in [0.15, 0.2) is 11.6 Å². The van der Waals surface area contributed by atoms with Crippen LogP contribution < -0.4 is 4.72 Å². The fourth-order valence-corrected chi connectivity index (χ4v) is 5.48. The second-order valence-electron chi connectivity index (χ2n) is 7.65. The molecule has 0 bridgehead atoms. The van der Waals surface area contributed by atoms with Gasteiger partial charge in [0.25, 0.3) is 10.0 Å². The molecule has 168 valence electrons. The lowest BCUT2D eigenvalue weighted by atomic mass is 9.89. The van der Waals surface area contributed by atoms with Crippen LogP contribution in [-0.2, 0) is 23.0 Å². The SMILES string of the molecule is CC(=O)c1ncn2c1CC[C@H](c1c(F)ccc(NS(=O)(=O)c3cc(Cl)cnc3C)c1F)C2. The first kappa shape index (κ1) is 22.3. The Hall–Kier alpha value is -2.85. The largest absolute Gasteiger partial charge is 0.333 e. The van der Waals surface area contributed by atoms with Gasteiger partial charge in [0, 0.05) is 36.8 Å². The zero-order chi connectivity index (χ0) is 23.2. The number of hydrogen-bond donors (Lipinski definition) is 1. The molecule has 11 heteroatoms. The molecule has 7 nitrogen and oxygen atoms in total. The maximum atomic E-state index is 15.4. The number of carbonyl (C=O) groups excluding carboxylic acids is 1. The number of sulfonamides is 1. The Kier molecular flexibility index (Phi) is 5.76. The molecule has 0 aliphatic carbocycles. The Morgan fingerprint density at radius 2 is 2.03 bits per heavy atom. The van der Waals surface area contributed by atoms with Gasteiger partial charge in [-0.2, -0.15) is 0 Å². The summed E-state index contributed by atoms with van der Waals surface area (Å²) < 4.78 is 59.6. The highest BCUT2D eigenvalue weighted by Gasteiger charge is 2.30. The molecule has 1 aliphatic heterocycles. The molecule has 2 aromatic heterocycles. The normalized spacial score (nSPS) is 16.0. The number of pyridine rings is 1. The number of ketones is 1. The van der Waals surface area contributed by atoms with Gasteiger partial charge in [0.2, 0.25) is 0 Å². The van der Waals surface area contributed by atoms with E-state index in [9.17, 15) is 17.6 Å². The Morgan fingerprint density at radius 1 is 1.28 bits per heavy atom. The van der Waals surface area contributed by atoms with Crippen molar-refractivity contribution >= 4 is 33.1 Å². The van der Waals surface area contributed by atoms with Crippen molar-refractivity contribution < 1.29 is 22.0 Å². The van der Waals surface area contributed by atoms with Gasteiger partial charge in [0.05, 0.1) is 22.7 Å². The van der Waals surface area contributed by atoms with Crippen molar-refractivity contribution in [3.05, 3.63) is 70.0 Å². The number of imidazole rings is 1. The first-order valence-corrected chi connectivity index (χ1v) is 11.6. The van der Waals surface area contributed by atoms with Crippen LogP contribution in [0.2, 0.25) is 5.02 Å². The van der Waals surface area contributed by atoms with Crippen molar-refractivity contribution in [1.82, 2.24) is 14.5 Å². The molecule has 1 N–H and O–H groups in total. The zero-order valence-corrected chi connectivity index (χ0v) is 18.8. The van der Waals surface area contributed by atoms with Gasteiger partial charge in [-0.3, -0.25) is 14.5 Å². The summed E-state index contributed by atoms with van der Waals surface area (Å²) in [6, 6.07) is 3.28. The highest BCUT2D eigenvalue weighted by atomic mass is 35.5. The summed E-state index contributed by atoms with van der Waals surface area (Å²) in [6.07, 6.45) is 3.59. The van der Waals surface area contributed by atoms with Gasteiger partial charge in [-0.1, -0.05) is 11.6 Å². The predicted molar refractivity (Wildman–Crippen MR) is 114 cm³/mol. The van der Waals surface area contributed by atoms with Crippen LogP contribution in [0.3, 0.4) is 0 Å². The summed E-state index contributed by atoms with van der Waals surface area (Å²) >= 11 is 5.86. The number of nitrogens with one attached hydrogen (secondary N) is 1. The van der Waals surface area contributed by atoms with Gasteiger partial charge in [-0.25, -0.2) is 22.2 Å². The fraction of sp³-hybridized carbons (Fsp3) is 0.286. The maximum absolute atomic E-state index is 15.4. The van der Waals surface area contributed by atoms with E-state index >= 15 is 4.39 Å². The summed E-state index contributed by atoms with van der Waals surface area (Å²) in [6.45, 7) is 3.12. The van der Waals surface area contributed by atoms with Crippen molar-refractivity contribution in [2.24, 2.45) is 0 Å². The smallest absolute Gasteiger partial charge is 0.263 e. The molecule has 4 rings (SSSR count). The third kappa shape index (κ3) is 4.00. The summed E-state index contributed by atoms with van der Waals surface area (Å²) in [7, 11) is -4.22. The average molecular weight is 481 g/mol. The van der Waals surface area contributed by atoms with Crippen LogP contribution in [0.5, 0.6) is 0 Å². The number of Topliss-reactive ketones (excluding diaryl/α,β-unsaturated/α-hetero) is 1. The van der Waals surface area contributed by atoms with Gasteiger partial charge in [-0.05, 0) is 38.0 Å². The van der Waals surface area contributed by atoms with E-state index in [-0.39, 0.29) is 39.2 Å². The number of aryl methyl sites for hydroxylation is 1. The predicted octanol–water partition coefficient (Wildman–Crippen LogP) is 4.25. The molecule has 32 heavy (non-hydrogen) atoms. The van der Waals surface area contributed by atoms with Crippen LogP contribution in [0.25, 0.3) is 0 Å². The number of benzene rings is 1.